The van der Waals surface area contributed by atoms with Gasteiger partial charge in [0.05, 0.1) is 10.8 Å². The number of thiophene rings is 6. The van der Waals surface area contributed by atoms with Gasteiger partial charge in [-0.25, -0.2) is 0 Å². The Bertz CT molecular complexity index is 2890. The number of fused-ring (bicyclic) bond motifs is 14. The molecule has 10 aromatic rings. The summed E-state index contributed by atoms with van der Waals surface area (Å²) in [5, 5.41) is 4.37. The van der Waals surface area contributed by atoms with E-state index in [0.717, 1.165) is 0 Å². The summed E-state index contributed by atoms with van der Waals surface area (Å²) in [6, 6.07) is 60.8. The van der Waals surface area contributed by atoms with Crippen LogP contribution in [-0.4, -0.2) is 0 Å². The lowest BCUT2D eigenvalue weighted by Crippen LogP contribution is -2.56. The van der Waals surface area contributed by atoms with E-state index in [-0.39, 0.29) is 0 Å². The van der Waals surface area contributed by atoms with Crippen LogP contribution in [0.5, 0.6) is 0 Å². The van der Waals surface area contributed by atoms with Gasteiger partial charge < -0.3 is 0 Å². The molecule has 58 heavy (non-hydrogen) atoms. The van der Waals surface area contributed by atoms with Crippen LogP contribution in [0.3, 0.4) is 0 Å². The minimum atomic E-state index is -0.584. The largest absolute Gasteiger partial charge is 0.143 e. The zero-order valence-electron chi connectivity index (χ0n) is 30.4. The van der Waals surface area contributed by atoms with Gasteiger partial charge in [0.1, 0.15) is 0 Å². The van der Waals surface area contributed by atoms with Gasteiger partial charge >= 0.3 is 0 Å². The molecule has 0 saturated heterocycles. The van der Waals surface area contributed by atoms with Crippen LogP contribution in [0.2, 0.25) is 0 Å². The third kappa shape index (κ3) is 4.69. The van der Waals surface area contributed by atoms with Crippen molar-refractivity contribution in [2.24, 2.45) is 0 Å². The third-order valence-corrected chi connectivity index (χ3v) is 21.3. The summed E-state index contributed by atoms with van der Waals surface area (Å²) in [6.07, 6.45) is 0. The molecule has 2 aliphatic heterocycles. The third-order valence-electron chi connectivity index (χ3n) is 11.9. The normalized spacial score (nSPS) is 15.0. The van der Waals surface area contributed by atoms with Crippen molar-refractivity contribution in [3.63, 3.8) is 0 Å². The lowest BCUT2D eigenvalue weighted by Gasteiger charge is -2.58. The maximum absolute atomic E-state index is 2.62. The van der Waals surface area contributed by atoms with Crippen LogP contribution >= 0.6 is 91.5 Å². The molecule has 0 saturated carbocycles. The molecule has 4 aromatic carbocycles. The van der Waals surface area contributed by atoms with E-state index >= 15 is 0 Å². The predicted octanol–water partition coefficient (Wildman–Crippen LogP) is 17.0. The Morgan fingerprint density at radius 2 is 0.621 bits per heavy atom. The molecule has 276 valence electrons. The van der Waals surface area contributed by atoms with Gasteiger partial charge in [-0.05, 0) is 117 Å². The summed E-state index contributed by atoms with van der Waals surface area (Å²) in [7, 11) is 0. The van der Waals surface area contributed by atoms with Gasteiger partial charge in [0.2, 0.25) is 0 Å². The van der Waals surface area contributed by atoms with Crippen LogP contribution < -0.4 is 0 Å². The van der Waals surface area contributed by atoms with Crippen molar-refractivity contribution in [2.75, 3.05) is 0 Å². The SMILES string of the molecule is c1csc(-c2ccc(-c3cc4c(s3)-c3sc(-c5ccc(-c6cccs6)s5)cc3C3(c5ccccc5Sc5ccccc53)C43c4ccccc4Sc4ccccc43)s2)c1. The highest BCUT2D eigenvalue weighted by Gasteiger charge is 2.66. The molecule has 0 radical (unpaired) electrons. The smallest absolute Gasteiger partial charge is 0.0667 e. The van der Waals surface area contributed by atoms with Gasteiger partial charge in [0.15, 0.2) is 0 Å². The molecule has 6 aromatic heterocycles. The lowest BCUT2D eigenvalue weighted by atomic mass is 9.45. The number of hydrogen-bond acceptors (Lipinski definition) is 8. The standard InChI is InChI=1S/C50H28S8/c1-5-15-35-29(11-1)49(30-12-2-6-16-36(30)53-35)33-27-45(43-23-21-41(55-43)39-19-9-25-51-39)57-47(33)48-34(28-46(58-48)44-24-22-42(56-44)40-20-10-26-52-40)50(49)31-13-3-7-17-37(31)54-38-18-8-4-14-32(38)50/h1-28H. The predicted molar refractivity (Wildman–Crippen MR) is 255 cm³/mol. The van der Waals surface area contributed by atoms with Gasteiger partial charge in [0.25, 0.3) is 0 Å². The van der Waals surface area contributed by atoms with Crippen molar-refractivity contribution in [1.82, 2.24) is 0 Å². The fourth-order valence-corrected chi connectivity index (χ4v) is 18.6. The van der Waals surface area contributed by atoms with Crippen molar-refractivity contribution >= 4 is 91.5 Å². The molecule has 0 atom stereocenters. The van der Waals surface area contributed by atoms with E-state index in [1.165, 1.54) is 102 Å². The topological polar surface area (TPSA) is 0 Å². The van der Waals surface area contributed by atoms with Crippen LogP contribution in [0, 0.1) is 0 Å². The molecular formula is C50H28S8. The summed E-state index contributed by atoms with van der Waals surface area (Å²) in [5.41, 5.74) is 7.23. The van der Waals surface area contributed by atoms with Crippen molar-refractivity contribution in [2.45, 2.75) is 30.4 Å². The molecule has 0 N–H and O–H groups in total. The number of rotatable bonds is 4. The van der Waals surface area contributed by atoms with E-state index in [4.69, 9.17) is 0 Å². The quantitative estimate of drug-likeness (QED) is 0.173. The van der Waals surface area contributed by atoms with E-state index in [2.05, 4.69) is 168 Å². The monoisotopic (exact) mass is 884 g/mol. The number of benzene rings is 4. The fourth-order valence-electron chi connectivity index (χ4n) is 9.74. The number of hydrogen-bond donors (Lipinski definition) is 0. The molecule has 8 heteroatoms. The zero-order valence-corrected chi connectivity index (χ0v) is 37.0. The van der Waals surface area contributed by atoms with Crippen molar-refractivity contribution in [1.29, 1.82) is 0 Å². The second-order valence-corrected chi connectivity index (χ2v) is 23.0. The zero-order chi connectivity index (χ0) is 38.0. The molecule has 3 aliphatic rings. The molecule has 8 heterocycles. The first kappa shape index (κ1) is 34.6. The first-order chi connectivity index (χ1) is 28.7. The van der Waals surface area contributed by atoms with E-state index in [1.807, 2.05) is 91.5 Å². The summed E-state index contributed by atoms with van der Waals surface area (Å²) in [6.45, 7) is 0. The summed E-state index contributed by atoms with van der Waals surface area (Å²) in [4.78, 5) is 18.8. The summed E-state index contributed by atoms with van der Waals surface area (Å²) < 4.78 is 0. The van der Waals surface area contributed by atoms with Crippen LogP contribution in [0.1, 0.15) is 33.4 Å². The maximum Gasteiger partial charge on any atom is 0.0667 e. The highest BCUT2D eigenvalue weighted by atomic mass is 32.2. The first-order valence-electron chi connectivity index (χ1n) is 19.0. The minimum absolute atomic E-state index is 0.584. The average molecular weight is 885 g/mol. The molecule has 2 spiro atoms. The van der Waals surface area contributed by atoms with E-state index < -0.39 is 10.8 Å². The maximum atomic E-state index is 2.62. The molecule has 0 fully saturated rings. The fraction of sp³-hybridized carbons (Fsp3) is 0.0400. The Labute approximate surface area is 369 Å². The molecule has 0 bridgehead atoms. The van der Waals surface area contributed by atoms with Crippen molar-refractivity contribution < 1.29 is 0 Å². The summed E-state index contributed by atoms with van der Waals surface area (Å²) >= 11 is 15.3. The van der Waals surface area contributed by atoms with Gasteiger partial charge in [-0.2, -0.15) is 0 Å². The Morgan fingerprint density at radius 3 is 0.966 bits per heavy atom. The molecular weight excluding hydrogens is 857 g/mol. The highest BCUT2D eigenvalue weighted by Crippen LogP contribution is 2.74. The van der Waals surface area contributed by atoms with Gasteiger partial charge in [0, 0.05) is 68.4 Å². The van der Waals surface area contributed by atoms with Gasteiger partial charge in [-0.15, -0.1) is 68.0 Å². The van der Waals surface area contributed by atoms with Crippen LogP contribution in [0.25, 0.3) is 48.8 Å². The van der Waals surface area contributed by atoms with E-state index in [1.54, 1.807) is 0 Å². The highest BCUT2D eigenvalue weighted by molar-refractivity contribution is 7.99. The second-order valence-electron chi connectivity index (χ2n) is 14.7. The Balaban J connectivity index is 1.20. The van der Waals surface area contributed by atoms with Crippen LogP contribution in [0.15, 0.2) is 188 Å². The Morgan fingerprint density at radius 1 is 0.276 bits per heavy atom. The second kappa shape index (κ2) is 13.1. The Kier molecular flexibility index (Phi) is 7.84. The van der Waals surface area contributed by atoms with Gasteiger partial charge in [-0.1, -0.05) is 108 Å². The average Bonchev–Trinajstić information content (AvgIpc) is 4.11. The van der Waals surface area contributed by atoms with Crippen LogP contribution in [0.4, 0.5) is 0 Å². The molecule has 0 amide bonds. The van der Waals surface area contributed by atoms with E-state index in [0.29, 0.717) is 0 Å². The minimum Gasteiger partial charge on any atom is -0.143 e. The van der Waals surface area contributed by atoms with Crippen molar-refractivity contribution in [3.05, 3.63) is 202 Å². The first-order valence-corrected chi connectivity index (χ1v) is 25.7. The Hall–Kier alpha value is -4.22. The van der Waals surface area contributed by atoms with Crippen LogP contribution in [-0.2, 0) is 10.8 Å². The van der Waals surface area contributed by atoms with Crippen molar-refractivity contribution in [3.8, 4) is 48.8 Å². The molecule has 13 rings (SSSR count). The molecule has 1 aliphatic carbocycles. The molecule has 0 nitrogen and oxygen atoms in total. The summed E-state index contributed by atoms with van der Waals surface area (Å²) in [5.74, 6) is 0. The van der Waals surface area contributed by atoms with Gasteiger partial charge in [-0.3, -0.25) is 0 Å². The molecule has 0 unspecified atom stereocenters. The lowest BCUT2D eigenvalue weighted by molar-refractivity contribution is 0.391. The van der Waals surface area contributed by atoms with E-state index in [9.17, 15) is 0 Å².